The standard InChI is InChI=1S/C17H24N2S/c1-3-18-13-15-7-4-5-8-16(15)14-19(2)11-10-17-9-6-12-20-17/h4-9,12,18H,3,10-11,13-14H2,1-2H3. The molecule has 1 aromatic heterocycles. The summed E-state index contributed by atoms with van der Waals surface area (Å²) in [6.45, 7) is 6.26. The molecule has 0 aliphatic rings. The Morgan fingerprint density at radius 2 is 1.90 bits per heavy atom. The van der Waals surface area contributed by atoms with Crippen molar-refractivity contribution in [3.8, 4) is 0 Å². The van der Waals surface area contributed by atoms with Gasteiger partial charge in [-0.15, -0.1) is 11.3 Å². The topological polar surface area (TPSA) is 15.3 Å². The fourth-order valence-corrected chi connectivity index (χ4v) is 2.97. The van der Waals surface area contributed by atoms with E-state index in [9.17, 15) is 0 Å². The average molecular weight is 288 g/mol. The first kappa shape index (κ1) is 15.2. The van der Waals surface area contributed by atoms with E-state index in [4.69, 9.17) is 0 Å². The second kappa shape index (κ2) is 8.20. The number of hydrogen-bond acceptors (Lipinski definition) is 3. The van der Waals surface area contributed by atoms with Crippen LogP contribution in [0.1, 0.15) is 22.9 Å². The van der Waals surface area contributed by atoms with Gasteiger partial charge in [-0.3, -0.25) is 0 Å². The lowest BCUT2D eigenvalue weighted by molar-refractivity contribution is 0.330. The fourth-order valence-electron chi connectivity index (χ4n) is 2.27. The molecule has 108 valence electrons. The Labute approximate surface area is 126 Å². The van der Waals surface area contributed by atoms with Crippen molar-refractivity contribution in [2.24, 2.45) is 0 Å². The van der Waals surface area contributed by atoms with Crippen LogP contribution in [0.2, 0.25) is 0 Å². The molecule has 0 saturated heterocycles. The third kappa shape index (κ3) is 4.75. The lowest BCUT2D eigenvalue weighted by Crippen LogP contribution is -2.22. The summed E-state index contributed by atoms with van der Waals surface area (Å²) in [5.41, 5.74) is 2.85. The number of hydrogen-bond donors (Lipinski definition) is 1. The molecule has 0 spiro atoms. The minimum absolute atomic E-state index is 0.964. The molecule has 2 rings (SSSR count). The van der Waals surface area contributed by atoms with Gasteiger partial charge in [0, 0.05) is 24.5 Å². The van der Waals surface area contributed by atoms with E-state index in [0.717, 1.165) is 32.6 Å². The van der Waals surface area contributed by atoms with Crippen molar-refractivity contribution in [3.63, 3.8) is 0 Å². The summed E-state index contributed by atoms with van der Waals surface area (Å²) in [4.78, 5) is 3.88. The van der Waals surface area contributed by atoms with Crippen LogP contribution in [0.25, 0.3) is 0 Å². The molecule has 0 aliphatic carbocycles. The minimum atomic E-state index is 0.964. The number of thiophene rings is 1. The molecule has 0 fully saturated rings. The molecule has 0 bridgehead atoms. The quantitative estimate of drug-likeness (QED) is 0.799. The van der Waals surface area contributed by atoms with E-state index in [2.05, 4.69) is 66.0 Å². The summed E-state index contributed by atoms with van der Waals surface area (Å²) in [5, 5.41) is 5.57. The number of nitrogens with zero attached hydrogens (tertiary/aromatic N) is 1. The molecule has 0 saturated carbocycles. The Hall–Kier alpha value is -1.16. The van der Waals surface area contributed by atoms with Gasteiger partial charge in [-0.05, 0) is 42.6 Å². The van der Waals surface area contributed by atoms with Crippen molar-refractivity contribution < 1.29 is 0 Å². The van der Waals surface area contributed by atoms with Gasteiger partial charge in [0.15, 0.2) is 0 Å². The van der Waals surface area contributed by atoms with Crippen LogP contribution < -0.4 is 5.32 Å². The molecular weight excluding hydrogens is 264 g/mol. The zero-order chi connectivity index (χ0) is 14.2. The van der Waals surface area contributed by atoms with Crippen molar-refractivity contribution in [1.82, 2.24) is 10.2 Å². The van der Waals surface area contributed by atoms with Gasteiger partial charge in [0.05, 0.1) is 0 Å². The monoisotopic (exact) mass is 288 g/mol. The Kier molecular flexibility index (Phi) is 6.25. The number of likely N-dealkylation sites (N-methyl/N-ethyl adjacent to an activating group) is 1. The van der Waals surface area contributed by atoms with Crippen LogP contribution >= 0.6 is 11.3 Å². The predicted octanol–water partition coefficient (Wildman–Crippen LogP) is 3.53. The number of benzene rings is 1. The predicted molar refractivity (Wildman–Crippen MR) is 88.2 cm³/mol. The van der Waals surface area contributed by atoms with Crippen LogP contribution in [0, 0.1) is 0 Å². The third-order valence-corrected chi connectivity index (χ3v) is 4.38. The third-order valence-electron chi connectivity index (χ3n) is 3.44. The molecule has 0 aliphatic heterocycles. The van der Waals surface area contributed by atoms with Gasteiger partial charge in [0.2, 0.25) is 0 Å². The Morgan fingerprint density at radius 3 is 2.60 bits per heavy atom. The first-order chi connectivity index (χ1) is 9.79. The number of rotatable bonds is 8. The van der Waals surface area contributed by atoms with Gasteiger partial charge < -0.3 is 10.2 Å². The summed E-state index contributed by atoms with van der Waals surface area (Å²) >= 11 is 1.85. The maximum atomic E-state index is 3.42. The summed E-state index contributed by atoms with van der Waals surface area (Å²) in [6, 6.07) is 13.1. The molecule has 2 aromatic rings. The van der Waals surface area contributed by atoms with E-state index >= 15 is 0 Å². The molecule has 2 nitrogen and oxygen atoms in total. The summed E-state index contributed by atoms with van der Waals surface area (Å²) in [6.07, 6.45) is 1.14. The highest BCUT2D eigenvalue weighted by atomic mass is 32.1. The molecule has 1 heterocycles. The zero-order valence-corrected chi connectivity index (χ0v) is 13.2. The zero-order valence-electron chi connectivity index (χ0n) is 12.4. The van der Waals surface area contributed by atoms with Gasteiger partial charge in [-0.2, -0.15) is 0 Å². The highest BCUT2D eigenvalue weighted by Gasteiger charge is 2.05. The molecule has 20 heavy (non-hydrogen) atoms. The Morgan fingerprint density at radius 1 is 1.10 bits per heavy atom. The maximum Gasteiger partial charge on any atom is 0.0234 e. The Balaban J connectivity index is 1.88. The van der Waals surface area contributed by atoms with Gasteiger partial charge in [-0.1, -0.05) is 37.3 Å². The van der Waals surface area contributed by atoms with Crippen molar-refractivity contribution in [3.05, 3.63) is 57.8 Å². The molecule has 0 unspecified atom stereocenters. The van der Waals surface area contributed by atoms with Crippen LogP contribution in [-0.2, 0) is 19.5 Å². The lowest BCUT2D eigenvalue weighted by atomic mass is 10.1. The molecule has 0 amide bonds. The maximum absolute atomic E-state index is 3.42. The van der Waals surface area contributed by atoms with Gasteiger partial charge in [0.1, 0.15) is 0 Å². The van der Waals surface area contributed by atoms with Crippen LogP contribution in [0.5, 0.6) is 0 Å². The molecule has 3 heteroatoms. The van der Waals surface area contributed by atoms with Gasteiger partial charge in [-0.25, -0.2) is 0 Å². The molecule has 1 N–H and O–H groups in total. The van der Waals surface area contributed by atoms with E-state index in [1.165, 1.54) is 16.0 Å². The average Bonchev–Trinajstić information content (AvgIpc) is 2.97. The smallest absolute Gasteiger partial charge is 0.0234 e. The van der Waals surface area contributed by atoms with Crippen LogP contribution in [0.3, 0.4) is 0 Å². The second-order valence-electron chi connectivity index (χ2n) is 5.12. The van der Waals surface area contributed by atoms with E-state index in [1.54, 1.807) is 0 Å². The Bertz CT molecular complexity index is 493. The lowest BCUT2D eigenvalue weighted by Gasteiger charge is -2.18. The molecule has 0 radical (unpaired) electrons. The van der Waals surface area contributed by atoms with E-state index < -0.39 is 0 Å². The van der Waals surface area contributed by atoms with Gasteiger partial charge in [0.25, 0.3) is 0 Å². The molecule has 0 atom stereocenters. The summed E-state index contributed by atoms with van der Waals surface area (Å²) in [7, 11) is 2.21. The largest absolute Gasteiger partial charge is 0.313 e. The summed E-state index contributed by atoms with van der Waals surface area (Å²) in [5.74, 6) is 0. The normalized spacial score (nSPS) is 11.2. The summed E-state index contributed by atoms with van der Waals surface area (Å²) < 4.78 is 0. The molecular formula is C17H24N2S. The van der Waals surface area contributed by atoms with Crippen molar-refractivity contribution >= 4 is 11.3 Å². The van der Waals surface area contributed by atoms with E-state index in [-0.39, 0.29) is 0 Å². The van der Waals surface area contributed by atoms with Crippen LogP contribution in [0.4, 0.5) is 0 Å². The van der Waals surface area contributed by atoms with E-state index in [0.29, 0.717) is 0 Å². The van der Waals surface area contributed by atoms with Crippen molar-refractivity contribution in [1.29, 1.82) is 0 Å². The second-order valence-corrected chi connectivity index (χ2v) is 6.15. The van der Waals surface area contributed by atoms with Crippen LogP contribution in [-0.4, -0.2) is 25.0 Å². The SMILES string of the molecule is CCNCc1ccccc1CN(C)CCc1cccs1. The van der Waals surface area contributed by atoms with Crippen molar-refractivity contribution in [2.45, 2.75) is 26.4 Å². The van der Waals surface area contributed by atoms with Crippen molar-refractivity contribution in [2.75, 3.05) is 20.1 Å². The highest BCUT2D eigenvalue weighted by molar-refractivity contribution is 7.09. The van der Waals surface area contributed by atoms with Gasteiger partial charge >= 0.3 is 0 Å². The minimum Gasteiger partial charge on any atom is -0.313 e. The first-order valence-corrected chi connectivity index (χ1v) is 8.16. The first-order valence-electron chi connectivity index (χ1n) is 7.28. The fraction of sp³-hybridized carbons (Fsp3) is 0.412. The number of nitrogens with one attached hydrogen (secondary N) is 1. The molecule has 1 aromatic carbocycles. The van der Waals surface area contributed by atoms with E-state index in [1.807, 2.05) is 11.3 Å². The highest BCUT2D eigenvalue weighted by Crippen LogP contribution is 2.13. The van der Waals surface area contributed by atoms with Crippen LogP contribution in [0.15, 0.2) is 41.8 Å².